The molecule has 0 saturated heterocycles. The quantitative estimate of drug-likeness (QED) is 0.735. The smallest absolute Gasteiger partial charge is 0.119 e. The molecule has 3 rings (SSSR count). The lowest BCUT2D eigenvalue weighted by atomic mass is 9.96. The van der Waals surface area contributed by atoms with Crippen LogP contribution in [0.1, 0.15) is 29.0 Å². The predicted octanol–water partition coefficient (Wildman–Crippen LogP) is 4.78. The number of hydrogen-bond donors (Lipinski definition) is 0. The third-order valence-corrected chi connectivity index (χ3v) is 4.61. The molecule has 0 aliphatic heterocycles. The van der Waals surface area contributed by atoms with Gasteiger partial charge in [-0.3, -0.25) is 0 Å². The second-order valence-corrected chi connectivity index (χ2v) is 5.81. The molecule has 0 heterocycles. The molecule has 1 unspecified atom stereocenters. The molecular weight excluding hydrogens is 268 g/mol. The van der Waals surface area contributed by atoms with E-state index in [2.05, 4.69) is 36.4 Å². The van der Waals surface area contributed by atoms with Crippen molar-refractivity contribution < 1.29 is 4.74 Å². The van der Waals surface area contributed by atoms with Crippen LogP contribution in [0.5, 0.6) is 5.75 Å². The average molecular weight is 287 g/mol. The largest absolute Gasteiger partial charge is 0.494 e. The van der Waals surface area contributed by atoms with Crippen LogP contribution in [-0.2, 0) is 12.8 Å². The van der Waals surface area contributed by atoms with E-state index in [-0.39, 0.29) is 5.38 Å². The molecule has 1 nitrogen and oxygen atoms in total. The Balaban J connectivity index is 1.72. The molecule has 0 amide bonds. The third-order valence-electron chi connectivity index (χ3n) is 4.01. The zero-order chi connectivity index (χ0) is 13.9. The maximum Gasteiger partial charge on any atom is 0.119 e. The van der Waals surface area contributed by atoms with Crippen LogP contribution in [0.3, 0.4) is 0 Å². The molecule has 1 aliphatic rings. The minimum atomic E-state index is 0.0677. The fourth-order valence-corrected chi connectivity index (χ4v) is 3.31. The molecule has 0 N–H and O–H groups in total. The highest BCUT2D eigenvalue weighted by Gasteiger charge is 2.28. The van der Waals surface area contributed by atoms with Gasteiger partial charge in [0.15, 0.2) is 0 Å². The molecule has 0 saturated carbocycles. The Bertz CT molecular complexity index is 551. The first kappa shape index (κ1) is 13.5. The molecule has 104 valence electrons. The van der Waals surface area contributed by atoms with Gasteiger partial charge in [-0.15, -0.1) is 11.6 Å². The fourth-order valence-electron chi connectivity index (χ4n) is 2.99. The summed E-state index contributed by atoms with van der Waals surface area (Å²) in [4.78, 5) is 0. The highest BCUT2D eigenvalue weighted by Crippen LogP contribution is 2.39. The van der Waals surface area contributed by atoms with Crippen LogP contribution < -0.4 is 4.74 Å². The highest BCUT2D eigenvalue weighted by molar-refractivity contribution is 6.21. The standard InChI is InChI=1S/C18H19ClO/c1-2-20-17-9-7-13(8-10-17)18(19)16-11-14-5-3-4-6-15(14)12-16/h3-10,16,18H,2,11-12H2,1H3. The van der Waals surface area contributed by atoms with E-state index in [1.165, 1.54) is 16.7 Å². The zero-order valence-electron chi connectivity index (χ0n) is 11.7. The van der Waals surface area contributed by atoms with Crippen molar-refractivity contribution in [2.75, 3.05) is 6.61 Å². The van der Waals surface area contributed by atoms with Crippen molar-refractivity contribution in [1.82, 2.24) is 0 Å². The summed E-state index contributed by atoms with van der Waals surface area (Å²) in [6.45, 7) is 2.69. The van der Waals surface area contributed by atoms with Crippen molar-refractivity contribution in [1.29, 1.82) is 0 Å². The van der Waals surface area contributed by atoms with Crippen molar-refractivity contribution >= 4 is 11.6 Å². The van der Waals surface area contributed by atoms with Gasteiger partial charge in [0.1, 0.15) is 5.75 Å². The third kappa shape index (κ3) is 2.69. The van der Waals surface area contributed by atoms with E-state index in [1.807, 2.05) is 19.1 Å². The van der Waals surface area contributed by atoms with Crippen LogP contribution >= 0.6 is 11.6 Å². The number of fused-ring (bicyclic) bond motifs is 1. The Labute approximate surface area is 125 Å². The maximum absolute atomic E-state index is 6.69. The van der Waals surface area contributed by atoms with Gasteiger partial charge in [0.2, 0.25) is 0 Å². The first-order valence-corrected chi connectivity index (χ1v) is 7.65. The molecule has 0 aromatic heterocycles. The molecule has 2 aromatic carbocycles. The second kappa shape index (κ2) is 5.88. The molecule has 0 bridgehead atoms. The molecule has 0 fully saturated rings. The topological polar surface area (TPSA) is 9.23 Å². The van der Waals surface area contributed by atoms with Crippen LogP contribution in [0.2, 0.25) is 0 Å². The van der Waals surface area contributed by atoms with Gasteiger partial charge in [-0.2, -0.15) is 0 Å². The molecule has 2 heteroatoms. The molecule has 1 atom stereocenters. The number of alkyl halides is 1. The number of halogens is 1. The van der Waals surface area contributed by atoms with Crippen LogP contribution in [0.4, 0.5) is 0 Å². The van der Waals surface area contributed by atoms with E-state index in [9.17, 15) is 0 Å². The van der Waals surface area contributed by atoms with Crippen LogP contribution in [0.15, 0.2) is 48.5 Å². The van der Waals surface area contributed by atoms with Crippen molar-refractivity contribution in [2.24, 2.45) is 5.92 Å². The van der Waals surface area contributed by atoms with Gasteiger partial charge >= 0.3 is 0 Å². The lowest BCUT2D eigenvalue weighted by Gasteiger charge is -2.17. The van der Waals surface area contributed by atoms with Crippen LogP contribution in [-0.4, -0.2) is 6.61 Å². The second-order valence-electron chi connectivity index (χ2n) is 5.34. The van der Waals surface area contributed by atoms with E-state index < -0.39 is 0 Å². The summed E-state index contributed by atoms with van der Waals surface area (Å²) in [7, 11) is 0. The van der Waals surface area contributed by atoms with Crippen LogP contribution in [0.25, 0.3) is 0 Å². The van der Waals surface area contributed by atoms with E-state index in [1.54, 1.807) is 0 Å². The van der Waals surface area contributed by atoms with Crippen molar-refractivity contribution in [3.05, 3.63) is 65.2 Å². The monoisotopic (exact) mass is 286 g/mol. The normalized spacial score (nSPS) is 15.9. The van der Waals surface area contributed by atoms with E-state index in [4.69, 9.17) is 16.3 Å². The molecule has 20 heavy (non-hydrogen) atoms. The minimum absolute atomic E-state index is 0.0677. The summed E-state index contributed by atoms with van der Waals surface area (Å²) in [5.41, 5.74) is 4.09. The van der Waals surface area contributed by atoms with Gasteiger partial charge in [-0.1, -0.05) is 36.4 Å². The van der Waals surface area contributed by atoms with E-state index in [0.717, 1.165) is 18.6 Å². The Morgan fingerprint density at radius 3 is 2.20 bits per heavy atom. The van der Waals surface area contributed by atoms with Crippen molar-refractivity contribution in [2.45, 2.75) is 25.1 Å². The van der Waals surface area contributed by atoms with Crippen molar-refractivity contribution in [3.8, 4) is 5.75 Å². The Kier molecular flexibility index (Phi) is 3.98. The number of rotatable bonds is 4. The minimum Gasteiger partial charge on any atom is -0.494 e. The number of ether oxygens (including phenoxy) is 1. The summed E-state index contributed by atoms with van der Waals surface area (Å²) in [6.07, 6.45) is 2.16. The Hall–Kier alpha value is -1.47. The van der Waals surface area contributed by atoms with E-state index in [0.29, 0.717) is 12.5 Å². The summed E-state index contributed by atoms with van der Waals surface area (Å²) < 4.78 is 5.47. The van der Waals surface area contributed by atoms with Gasteiger partial charge in [0, 0.05) is 0 Å². The van der Waals surface area contributed by atoms with Gasteiger partial charge < -0.3 is 4.74 Å². The maximum atomic E-state index is 6.69. The first-order chi connectivity index (χ1) is 9.78. The Morgan fingerprint density at radius 2 is 1.65 bits per heavy atom. The molecule has 0 radical (unpaired) electrons. The summed E-state index contributed by atoms with van der Waals surface area (Å²) in [5, 5.41) is 0.0677. The predicted molar refractivity (Wildman–Crippen MR) is 83.5 cm³/mol. The number of benzene rings is 2. The summed E-state index contributed by atoms with van der Waals surface area (Å²) in [6, 6.07) is 16.9. The Morgan fingerprint density at radius 1 is 1.05 bits per heavy atom. The average Bonchev–Trinajstić information content (AvgIpc) is 2.91. The van der Waals surface area contributed by atoms with Gasteiger partial charge in [0.05, 0.1) is 12.0 Å². The highest BCUT2D eigenvalue weighted by atomic mass is 35.5. The lowest BCUT2D eigenvalue weighted by Crippen LogP contribution is -2.08. The number of hydrogen-bond acceptors (Lipinski definition) is 1. The van der Waals surface area contributed by atoms with Gasteiger partial charge in [-0.25, -0.2) is 0 Å². The zero-order valence-corrected chi connectivity index (χ0v) is 12.4. The SMILES string of the molecule is CCOc1ccc(C(Cl)C2Cc3ccccc3C2)cc1. The first-order valence-electron chi connectivity index (χ1n) is 7.21. The summed E-state index contributed by atoms with van der Waals surface area (Å²) in [5.74, 6) is 1.40. The molecule has 2 aromatic rings. The van der Waals surface area contributed by atoms with Gasteiger partial charge in [0.25, 0.3) is 0 Å². The molecule has 0 spiro atoms. The molecule has 1 aliphatic carbocycles. The molecular formula is C18H19ClO. The lowest BCUT2D eigenvalue weighted by molar-refractivity contribution is 0.340. The summed E-state index contributed by atoms with van der Waals surface area (Å²) >= 11 is 6.69. The fraction of sp³-hybridized carbons (Fsp3) is 0.333. The van der Waals surface area contributed by atoms with Crippen LogP contribution in [0, 0.1) is 5.92 Å². The van der Waals surface area contributed by atoms with Crippen molar-refractivity contribution in [3.63, 3.8) is 0 Å². The van der Waals surface area contributed by atoms with Gasteiger partial charge in [-0.05, 0) is 54.5 Å². The van der Waals surface area contributed by atoms with E-state index >= 15 is 0 Å².